The normalized spacial score (nSPS) is 25.9. The third-order valence-electron chi connectivity index (χ3n) is 5.65. The molecule has 0 aromatic heterocycles. The van der Waals surface area contributed by atoms with Gasteiger partial charge in [-0.15, -0.1) is 0 Å². The molecule has 1 spiro atoms. The number of hydrogen-bond donors (Lipinski definition) is 0. The van der Waals surface area contributed by atoms with Crippen LogP contribution in [0.15, 0.2) is 24.3 Å². The molecule has 1 aromatic carbocycles. The zero-order chi connectivity index (χ0) is 16.6. The van der Waals surface area contributed by atoms with Gasteiger partial charge in [0.25, 0.3) is 0 Å². The lowest BCUT2D eigenvalue weighted by Gasteiger charge is -2.47. The summed E-state index contributed by atoms with van der Waals surface area (Å²) in [6.45, 7) is 4.75. The van der Waals surface area contributed by atoms with Crippen LogP contribution in [0.2, 0.25) is 0 Å². The Kier molecular flexibility index (Phi) is 4.22. The van der Waals surface area contributed by atoms with Crippen molar-refractivity contribution in [2.75, 3.05) is 39.9 Å². The van der Waals surface area contributed by atoms with Gasteiger partial charge in [-0.2, -0.15) is 0 Å². The Morgan fingerprint density at radius 3 is 2.88 bits per heavy atom. The molecule has 4 rings (SSSR count). The van der Waals surface area contributed by atoms with E-state index in [9.17, 15) is 4.79 Å². The van der Waals surface area contributed by atoms with Gasteiger partial charge in [0.05, 0.1) is 33.2 Å². The van der Waals surface area contributed by atoms with E-state index >= 15 is 0 Å². The number of rotatable bonds is 4. The molecule has 0 bridgehead atoms. The number of carbonyl (C=O) groups excluding carboxylic acids is 1. The molecular weight excluding hydrogens is 304 g/mol. The maximum atomic E-state index is 12.5. The van der Waals surface area contributed by atoms with E-state index in [2.05, 4.69) is 4.90 Å². The minimum atomic E-state index is -0.0721. The average Bonchev–Trinajstić information content (AvgIpc) is 3.22. The molecule has 3 fully saturated rings. The fourth-order valence-electron chi connectivity index (χ4n) is 4.28. The quantitative estimate of drug-likeness (QED) is 0.843. The first-order valence-electron chi connectivity index (χ1n) is 8.96. The highest BCUT2D eigenvalue weighted by Gasteiger charge is 2.52. The first-order chi connectivity index (χ1) is 11.7. The van der Waals surface area contributed by atoms with E-state index in [0.717, 1.165) is 37.4 Å². The first-order valence-corrected chi connectivity index (χ1v) is 8.96. The molecular formula is C19H26N2O3. The summed E-state index contributed by atoms with van der Waals surface area (Å²) in [7, 11) is 1.65. The van der Waals surface area contributed by atoms with Gasteiger partial charge in [0.15, 0.2) is 0 Å². The largest absolute Gasteiger partial charge is 0.497 e. The van der Waals surface area contributed by atoms with Crippen LogP contribution in [-0.2, 0) is 16.0 Å². The van der Waals surface area contributed by atoms with Crippen molar-refractivity contribution < 1.29 is 14.3 Å². The van der Waals surface area contributed by atoms with Gasteiger partial charge < -0.3 is 14.4 Å². The summed E-state index contributed by atoms with van der Waals surface area (Å²) < 4.78 is 11.3. The molecule has 130 valence electrons. The van der Waals surface area contributed by atoms with Crippen LogP contribution in [0.1, 0.15) is 24.8 Å². The molecule has 3 heterocycles. The molecule has 0 aliphatic carbocycles. The summed E-state index contributed by atoms with van der Waals surface area (Å²) >= 11 is 0. The maximum absolute atomic E-state index is 12.5. The van der Waals surface area contributed by atoms with Gasteiger partial charge in [0.2, 0.25) is 5.91 Å². The average molecular weight is 330 g/mol. The van der Waals surface area contributed by atoms with E-state index in [1.807, 2.05) is 29.2 Å². The third-order valence-corrected chi connectivity index (χ3v) is 5.65. The van der Waals surface area contributed by atoms with Gasteiger partial charge in [-0.05, 0) is 50.0 Å². The number of carbonyl (C=O) groups is 1. The smallest absolute Gasteiger partial charge is 0.227 e. The number of amides is 1. The SMILES string of the molecule is COc1cccc(CC(=O)N2CC3(CC(N4CCCC4)CO3)C2)c1. The van der Waals surface area contributed by atoms with Crippen LogP contribution >= 0.6 is 0 Å². The third kappa shape index (κ3) is 3.03. The topological polar surface area (TPSA) is 42.0 Å². The lowest BCUT2D eigenvalue weighted by atomic mass is 9.88. The Morgan fingerprint density at radius 1 is 1.33 bits per heavy atom. The standard InChI is InChI=1S/C19H26N2O3/c1-23-17-6-4-5-15(9-17)10-18(22)21-13-19(14-21)11-16(12-24-19)20-7-2-3-8-20/h4-6,9,16H,2-3,7-8,10-14H2,1H3. The van der Waals surface area contributed by atoms with Gasteiger partial charge in [0.1, 0.15) is 11.4 Å². The highest BCUT2D eigenvalue weighted by molar-refractivity contribution is 5.80. The fourth-order valence-corrected chi connectivity index (χ4v) is 4.28. The van der Waals surface area contributed by atoms with Crippen molar-refractivity contribution in [1.82, 2.24) is 9.80 Å². The Labute approximate surface area is 143 Å². The molecule has 24 heavy (non-hydrogen) atoms. The van der Waals surface area contributed by atoms with Crippen molar-refractivity contribution in [3.8, 4) is 5.75 Å². The van der Waals surface area contributed by atoms with Crippen LogP contribution in [0.25, 0.3) is 0 Å². The molecule has 0 N–H and O–H groups in total. The number of nitrogens with zero attached hydrogens (tertiary/aromatic N) is 2. The maximum Gasteiger partial charge on any atom is 0.227 e. The number of benzene rings is 1. The summed E-state index contributed by atoms with van der Waals surface area (Å²) in [6, 6.07) is 8.30. The van der Waals surface area contributed by atoms with Gasteiger partial charge in [-0.1, -0.05) is 12.1 Å². The van der Waals surface area contributed by atoms with Crippen LogP contribution in [0.3, 0.4) is 0 Å². The van der Waals surface area contributed by atoms with Crippen molar-refractivity contribution in [3.63, 3.8) is 0 Å². The molecule has 0 saturated carbocycles. The van der Waals surface area contributed by atoms with Crippen molar-refractivity contribution in [2.24, 2.45) is 0 Å². The van der Waals surface area contributed by atoms with Crippen molar-refractivity contribution in [1.29, 1.82) is 0 Å². The molecule has 1 atom stereocenters. The number of likely N-dealkylation sites (tertiary alicyclic amines) is 2. The summed E-state index contributed by atoms with van der Waals surface area (Å²) in [6.07, 6.45) is 4.14. The monoisotopic (exact) mass is 330 g/mol. The molecule has 5 heteroatoms. The first kappa shape index (κ1) is 15.9. The Hall–Kier alpha value is -1.59. The van der Waals surface area contributed by atoms with Crippen LogP contribution in [0.5, 0.6) is 5.75 Å². The van der Waals surface area contributed by atoms with Crippen molar-refractivity contribution >= 4 is 5.91 Å². The van der Waals surface area contributed by atoms with E-state index < -0.39 is 0 Å². The van der Waals surface area contributed by atoms with Crippen LogP contribution in [0, 0.1) is 0 Å². The van der Waals surface area contributed by atoms with Crippen molar-refractivity contribution in [2.45, 2.75) is 37.3 Å². The zero-order valence-electron chi connectivity index (χ0n) is 14.4. The van der Waals surface area contributed by atoms with Crippen LogP contribution in [-0.4, -0.2) is 67.2 Å². The summed E-state index contributed by atoms with van der Waals surface area (Å²) in [4.78, 5) is 17.0. The van der Waals surface area contributed by atoms with Gasteiger partial charge >= 0.3 is 0 Å². The van der Waals surface area contributed by atoms with E-state index in [1.165, 1.54) is 25.9 Å². The van der Waals surface area contributed by atoms with E-state index in [1.54, 1.807) is 7.11 Å². The zero-order valence-corrected chi connectivity index (χ0v) is 14.4. The molecule has 1 amide bonds. The molecule has 0 radical (unpaired) electrons. The molecule has 3 aliphatic rings. The van der Waals surface area contributed by atoms with Crippen LogP contribution < -0.4 is 4.74 Å². The Morgan fingerprint density at radius 2 is 2.12 bits per heavy atom. The predicted molar refractivity (Wildman–Crippen MR) is 91.2 cm³/mol. The van der Waals surface area contributed by atoms with Gasteiger partial charge in [-0.3, -0.25) is 9.69 Å². The second kappa shape index (κ2) is 6.37. The van der Waals surface area contributed by atoms with Gasteiger partial charge in [0, 0.05) is 6.04 Å². The number of methoxy groups -OCH3 is 1. The minimum Gasteiger partial charge on any atom is -0.497 e. The molecule has 1 unspecified atom stereocenters. The van der Waals surface area contributed by atoms with E-state index in [4.69, 9.17) is 9.47 Å². The minimum absolute atomic E-state index is 0.0721. The molecule has 3 saturated heterocycles. The van der Waals surface area contributed by atoms with E-state index in [0.29, 0.717) is 12.5 Å². The highest BCUT2D eigenvalue weighted by Crippen LogP contribution is 2.38. The number of ether oxygens (including phenoxy) is 2. The summed E-state index contributed by atoms with van der Waals surface area (Å²) in [5.74, 6) is 0.982. The van der Waals surface area contributed by atoms with E-state index in [-0.39, 0.29) is 11.5 Å². The lowest BCUT2D eigenvalue weighted by molar-refractivity contribution is -0.157. The predicted octanol–water partition coefficient (Wildman–Crippen LogP) is 1.70. The van der Waals surface area contributed by atoms with Gasteiger partial charge in [-0.25, -0.2) is 0 Å². The second-order valence-electron chi connectivity index (χ2n) is 7.37. The summed E-state index contributed by atoms with van der Waals surface area (Å²) in [5, 5.41) is 0. The van der Waals surface area contributed by atoms with Crippen LogP contribution in [0.4, 0.5) is 0 Å². The molecule has 1 aromatic rings. The highest BCUT2D eigenvalue weighted by atomic mass is 16.5. The Bertz CT molecular complexity index is 606. The molecule has 5 nitrogen and oxygen atoms in total. The fraction of sp³-hybridized carbons (Fsp3) is 0.632. The molecule has 3 aliphatic heterocycles. The lowest BCUT2D eigenvalue weighted by Crippen LogP contribution is -2.63. The second-order valence-corrected chi connectivity index (χ2v) is 7.37. The number of hydrogen-bond acceptors (Lipinski definition) is 4. The Balaban J connectivity index is 1.30. The van der Waals surface area contributed by atoms with Crippen molar-refractivity contribution in [3.05, 3.63) is 29.8 Å². The summed E-state index contributed by atoms with van der Waals surface area (Å²) in [5.41, 5.74) is 0.930.